The second kappa shape index (κ2) is 10.8. The highest BCUT2D eigenvalue weighted by atomic mass is 16.5. The number of alkyl carbamates (subject to hydrolysis) is 1. The van der Waals surface area contributed by atoms with Crippen LogP contribution in [0.15, 0.2) is 48.5 Å². The summed E-state index contributed by atoms with van der Waals surface area (Å²) in [5.74, 6) is 3.09. The van der Waals surface area contributed by atoms with E-state index in [1.54, 1.807) is 0 Å². The number of carbonyl (C=O) groups is 2. The Hall–Kier alpha value is -4.44. The number of H-pyrrole nitrogens is 2. The van der Waals surface area contributed by atoms with Gasteiger partial charge in [0.05, 0.1) is 41.3 Å². The molecule has 2 aliphatic carbocycles. The molecule has 7 atom stereocenters. The maximum absolute atomic E-state index is 13.8. The molecule has 9 rings (SSSR count). The van der Waals surface area contributed by atoms with Crippen LogP contribution in [-0.2, 0) is 22.4 Å². The Labute approximate surface area is 273 Å². The third-order valence-electron chi connectivity index (χ3n) is 11.1. The lowest BCUT2D eigenvalue weighted by molar-refractivity contribution is -0.136. The van der Waals surface area contributed by atoms with E-state index in [9.17, 15) is 9.59 Å². The first-order chi connectivity index (χ1) is 22.8. The summed E-state index contributed by atoms with van der Waals surface area (Å²) >= 11 is 0. The summed E-state index contributed by atoms with van der Waals surface area (Å²) in [4.78, 5) is 44.9. The number of aromatic amines is 2. The highest BCUT2D eigenvalue weighted by Crippen LogP contribution is 2.53. The van der Waals surface area contributed by atoms with E-state index in [1.807, 2.05) is 18.7 Å². The Bertz CT molecular complexity index is 2040. The van der Waals surface area contributed by atoms with Crippen molar-refractivity contribution in [2.24, 2.45) is 17.8 Å². The van der Waals surface area contributed by atoms with E-state index in [4.69, 9.17) is 14.7 Å². The second-order valence-electron chi connectivity index (χ2n) is 14.6. The van der Waals surface area contributed by atoms with E-state index in [0.717, 1.165) is 65.3 Å². The van der Waals surface area contributed by atoms with Crippen molar-refractivity contribution in [1.82, 2.24) is 35.5 Å². The topological polar surface area (TPSA) is 128 Å². The normalized spacial score (nSPS) is 26.6. The maximum atomic E-state index is 13.8. The molecule has 10 heteroatoms. The van der Waals surface area contributed by atoms with Crippen LogP contribution in [0, 0.1) is 17.8 Å². The van der Waals surface area contributed by atoms with Gasteiger partial charge in [0.1, 0.15) is 17.7 Å². The quantitative estimate of drug-likeness (QED) is 0.170. The Morgan fingerprint density at radius 1 is 0.915 bits per heavy atom. The molecule has 4 N–H and O–H groups in total. The molecule has 2 saturated heterocycles. The number of nitrogens with one attached hydrogen (secondary N) is 4. The molecule has 0 spiro atoms. The lowest BCUT2D eigenvalue weighted by Crippen LogP contribution is -2.52. The van der Waals surface area contributed by atoms with Crippen molar-refractivity contribution >= 4 is 44.8 Å². The molecule has 3 unspecified atom stereocenters. The first-order valence-electron chi connectivity index (χ1n) is 17.2. The molecule has 3 aromatic carbocycles. The number of imidazole rings is 2. The number of carbonyl (C=O) groups excluding carboxylic acids is 2. The summed E-state index contributed by atoms with van der Waals surface area (Å²) in [6.07, 6.45) is 5.66. The number of methoxy groups -OCH3 is 1. The maximum Gasteiger partial charge on any atom is 0.407 e. The van der Waals surface area contributed by atoms with Crippen molar-refractivity contribution in [2.45, 2.75) is 82.6 Å². The molecule has 0 radical (unpaired) electrons. The van der Waals surface area contributed by atoms with E-state index in [2.05, 4.69) is 69.1 Å². The van der Waals surface area contributed by atoms with Crippen LogP contribution >= 0.6 is 0 Å². The third-order valence-corrected chi connectivity index (χ3v) is 11.1. The second-order valence-corrected chi connectivity index (χ2v) is 14.6. The summed E-state index contributed by atoms with van der Waals surface area (Å²) in [6.45, 7) is 3.89. The first kappa shape index (κ1) is 28.8. The van der Waals surface area contributed by atoms with Crippen molar-refractivity contribution in [3.05, 3.63) is 71.3 Å². The molecule has 2 aromatic heterocycles. The van der Waals surface area contributed by atoms with Crippen LogP contribution in [0.2, 0.25) is 0 Å². The highest BCUT2D eigenvalue weighted by Gasteiger charge is 2.56. The average Bonchev–Trinajstić information content (AvgIpc) is 3.69. The van der Waals surface area contributed by atoms with Gasteiger partial charge >= 0.3 is 6.09 Å². The zero-order valence-electron chi connectivity index (χ0n) is 27.0. The van der Waals surface area contributed by atoms with Crippen LogP contribution in [0.3, 0.4) is 0 Å². The number of hydrogen-bond donors (Lipinski definition) is 4. The Morgan fingerprint density at radius 3 is 2.51 bits per heavy atom. The molecule has 10 nitrogen and oxygen atoms in total. The number of fused-ring (bicyclic) bond motifs is 6. The highest BCUT2D eigenvalue weighted by molar-refractivity contribution is 6.04. The van der Waals surface area contributed by atoms with E-state index in [1.165, 1.54) is 41.9 Å². The van der Waals surface area contributed by atoms with Gasteiger partial charge in [-0.05, 0) is 91.0 Å². The van der Waals surface area contributed by atoms with Crippen molar-refractivity contribution in [3.8, 4) is 0 Å². The number of hydrogen-bond acceptors (Lipinski definition) is 6. The predicted octanol–water partition coefficient (Wildman–Crippen LogP) is 5.84. The number of aromatic nitrogens is 4. The van der Waals surface area contributed by atoms with Gasteiger partial charge in [-0.15, -0.1) is 0 Å². The molecule has 242 valence electrons. The number of piperidine rings is 2. The van der Waals surface area contributed by atoms with Crippen LogP contribution < -0.4 is 10.6 Å². The molecule has 47 heavy (non-hydrogen) atoms. The van der Waals surface area contributed by atoms with Crippen LogP contribution in [0.4, 0.5) is 4.79 Å². The molecule has 2 aliphatic heterocycles. The number of amides is 2. The Balaban J connectivity index is 0.908. The van der Waals surface area contributed by atoms with Crippen molar-refractivity contribution in [1.29, 1.82) is 0 Å². The summed E-state index contributed by atoms with van der Waals surface area (Å²) in [6, 6.07) is 18.1. The van der Waals surface area contributed by atoms with Gasteiger partial charge in [0.15, 0.2) is 0 Å². The van der Waals surface area contributed by atoms with Crippen LogP contribution in [0.1, 0.15) is 74.4 Å². The molecule has 4 heterocycles. The van der Waals surface area contributed by atoms with Gasteiger partial charge in [0.25, 0.3) is 0 Å². The van der Waals surface area contributed by atoms with Crippen molar-refractivity contribution in [3.63, 3.8) is 0 Å². The van der Waals surface area contributed by atoms with Crippen LogP contribution in [0.25, 0.3) is 32.8 Å². The summed E-state index contributed by atoms with van der Waals surface area (Å²) in [5, 5.41) is 8.89. The minimum absolute atomic E-state index is 0.0625. The molecule has 5 aromatic rings. The minimum atomic E-state index is -0.641. The van der Waals surface area contributed by atoms with E-state index in [0.29, 0.717) is 18.0 Å². The number of rotatable bonds is 8. The fourth-order valence-electron chi connectivity index (χ4n) is 8.28. The molecular formula is C37H41N7O3. The van der Waals surface area contributed by atoms with Gasteiger partial charge in [0, 0.05) is 17.5 Å². The third kappa shape index (κ3) is 5.04. The number of aryl methyl sites for hydroxylation is 2. The number of ether oxygens (including phenoxy) is 1. The van der Waals surface area contributed by atoms with Gasteiger partial charge in [0.2, 0.25) is 5.91 Å². The van der Waals surface area contributed by atoms with Crippen molar-refractivity contribution in [2.75, 3.05) is 7.11 Å². The van der Waals surface area contributed by atoms with Gasteiger partial charge in [-0.2, -0.15) is 0 Å². The van der Waals surface area contributed by atoms with Gasteiger partial charge < -0.3 is 30.2 Å². The zero-order chi connectivity index (χ0) is 32.0. The van der Waals surface area contributed by atoms with Gasteiger partial charge in [-0.25, -0.2) is 14.8 Å². The number of nitrogens with zero attached hydrogens (tertiary/aromatic N) is 3. The summed E-state index contributed by atoms with van der Waals surface area (Å²) < 4.78 is 4.80. The Kier molecular flexibility index (Phi) is 6.61. The number of likely N-dealkylation sites (tertiary alicyclic amines) is 1. The smallest absolute Gasteiger partial charge is 0.407 e. The SMILES string of the molecule is COC(=O)N[C@H](C(=O)N1C2CC2C[C@H]1c1nc2ccc(CCc3ccc4c(ccc5[nH]c([C@@H]6CC7C[C@H]7N6)nc54)c3)cc2[nH]1)C(C)C. The predicted molar refractivity (Wildman–Crippen MR) is 180 cm³/mol. The zero-order valence-corrected chi connectivity index (χ0v) is 27.0. The fraction of sp³-hybridized carbons (Fsp3) is 0.459. The monoisotopic (exact) mass is 631 g/mol. The average molecular weight is 632 g/mol. The van der Waals surface area contributed by atoms with E-state index < -0.39 is 12.1 Å². The molecule has 4 aliphatic rings. The molecule has 0 bridgehead atoms. The van der Waals surface area contributed by atoms with E-state index in [-0.39, 0.29) is 23.9 Å². The molecule has 2 amide bonds. The minimum Gasteiger partial charge on any atom is -0.453 e. The molecule has 2 saturated carbocycles. The largest absolute Gasteiger partial charge is 0.453 e. The molecule has 4 fully saturated rings. The lowest BCUT2D eigenvalue weighted by atomic mass is 10.0. The number of benzene rings is 3. The van der Waals surface area contributed by atoms with Gasteiger partial charge in [-0.1, -0.05) is 44.2 Å². The molecular weight excluding hydrogens is 590 g/mol. The Morgan fingerprint density at radius 2 is 1.72 bits per heavy atom. The summed E-state index contributed by atoms with van der Waals surface area (Å²) in [5.41, 5.74) is 6.60. The van der Waals surface area contributed by atoms with E-state index >= 15 is 0 Å². The lowest BCUT2D eigenvalue weighted by Gasteiger charge is -2.31. The van der Waals surface area contributed by atoms with Crippen LogP contribution in [0.5, 0.6) is 0 Å². The first-order valence-corrected chi connectivity index (χ1v) is 17.2. The van der Waals surface area contributed by atoms with Crippen molar-refractivity contribution < 1.29 is 14.3 Å². The fourth-order valence-corrected chi connectivity index (χ4v) is 8.28. The van der Waals surface area contributed by atoms with Crippen LogP contribution in [-0.4, -0.2) is 62.1 Å². The standard InChI is InChI=1S/C37H41N7O3/c1-18(2)32(43-37(46)47-3)36(45)44-30-16-23(30)17-31(44)35-39-25-10-7-20(13-28(25)41-35)5-4-19-6-9-24-21(12-19)8-11-26-33(24)42-34(40-26)29-15-22-14-27(22)38-29/h6-13,18,22-23,27,29-32,38H,4-5,14-17H2,1-3H3,(H,39,41)(H,40,42)(H,43,46)/t22?,23?,27-,29+,30?,31+,32+/m1/s1. The van der Waals surface area contributed by atoms with Gasteiger partial charge in [-0.3, -0.25) is 4.79 Å². The summed E-state index contributed by atoms with van der Waals surface area (Å²) in [7, 11) is 1.32.